The Morgan fingerprint density at radius 3 is 2.82 bits per heavy atom. The minimum atomic E-state index is 0.384. The molecule has 1 aromatic rings. The smallest absolute Gasteiger partial charge is 0.222 e. The number of fused-ring (bicyclic) bond motifs is 2. The van der Waals surface area contributed by atoms with Crippen molar-refractivity contribution in [1.29, 1.82) is 0 Å². The molecule has 4 N–H and O–H groups in total. The molecule has 1 saturated heterocycles. The van der Waals surface area contributed by atoms with Gasteiger partial charge in [0.1, 0.15) is 5.82 Å². The second-order valence-electron chi connectivity index (χ2n) is 7.13. The molecule has 4 rings (SSSR count). The lowest BCUT2D eigenvalue weighted by Crippen LogP contribution is -2.57. The summed E-state index contributed by atoms with van der Waals surface area (Å²) in [7, 11) is 2.00. The molecule has 0 radical (unpaired) electrons. The molecular weight excluding hydrogens is 276 g/mol. The maximum absolute atomic E-state index is 5.90. The van der Waals surface area contributed by atoms with Crippen LogP contribution in [0.3, 0.4) is 0 Å². The molecule has 2 heterocycles. The molecule has 3 fully saturated rings. The van der Waals surface area contributed by atoms with Crippen LogP contribution in [0.4, 0.5) is 11.8 Å². The molecule has 3 aliphatic rings. The highest BCUT2D eigenvalue weighted by atomic mass is 15.3. The third kappa shape index (κ3) is 2.65. The van der Waals surface area contributed by atoms with E-state index in [1.807, 2.05) is 7.05 Å². The average molecular weight is 302 g/mol. The zero-order valence-electron chi connectivity index (χ0n) is 13.3. The molecule has 0 unspecified atom stereocenters. The number of rotatable bonds is 5. The Kier molecular flexibility index (Phi) is 3.66. The van der Waals surface area contributed by atoms with Crippen LogP contribution in [0.5, 0.6) is 0 Å². The van der Waals surface area contributed by atoms with E-state index in [2.05, 4.69) is 31.6 Å². The molecule has 120 valence electrons. The molecule has 0 spiro atoms. The van der Waals surface area contributed by atoms with Gasteiger partial charge in [-0.3, -0.25) is 0 Å². The summed E-state index contributed by atoms with van der Waals surface area (Å²) in [4.78, 5) is 11.0. The molecule has 3 atom stereocenters. The van der Waals surface area contributed by atoms with E-state index in [1.54, 1.807) is 0 Å². The number of hydrogen-bond donors (Lipinski definition) is 3. The van der Waals surface area contributed by atoms with Crippen molar-refractivity contribution in [2.45, 2.75) is 44.3 Å². The maximum atomic E-state index is 5.90. The summed E-state index contributed by atoms with van der Waals surface area (Å²) in [5.74, 6) is 3.20. The van der Waals surface area contributed by atoms with Gasteiger partial charge in [0, 0.05) is 37.8 Å². The van der Waals surface area contributed by atoms with Crippen LogP contribution in [0.25, 0.3) is 0 Å². The van der Waals surface area contributed by atoms with Crippen LogP contribution in [0.1, 0.15) is 31.4 Å². The molecule has 2 aliphatic carbocycles. The highest BCUT2D eigenvalue weighted by Crippen LogP contribution is 2.44. The fourth-order valence-electron chi connectivity index (χ4n) is 4.33. The molecule has 1 aliphatic heterocycles. The van der Waals surface area contributed by atoms with Gasteiger partial charge in [0.05, 0.1) is 5.69 Å². The summed E-state index contributed by atoms with van der Waals surface area (Å²) in [6.07, 6.45) is 5.61. The minimum Gasteiger partial charge on any atom is -0.368 e. The monoisotopic (exact) mass is 302 g/mol. The van der Waals surface area contributed by atoms with Crippen LogP contribution in [-0.2, 0) is 6.54 Å². The van der Waals surface area contributed by atoms with Gasteiger partial charge >= 0.3 is 0 Å². The van der Waals surface area contributed by atoms with Gasteiger partial charge in [-0.1, -0.05) is 6.42 Å². The largest absolute Gasteiger partial charge is 0.368 e. The number of nitrogens with two attached hydrogens (primary N) is 1. The van der Waals surface area contributed by atoms with Gasteiger partial charge in [0.2, 0.25) is 5.95 Å². The molecule has 0 amide bonds. The van der Waals surface area contributed by atoms with Crippen molar-refractivity contribution in [3.8, 4) is 0 Å². The predicted octanol–water partition coefficient (Wildman–Crippen LogP) is 0.745. The van der Waals surface area contributed by atoms with E-state index in [9.17, 15) is 0 Å². The van der Waals surface area contributed by atoms with Crippen molar-refractivity contribution in [3.05, 3.63) is 11.8 Å². The Labute approximate surface area is 131 Å². The van der Waals surface area contributed by atoms with E-state index in [-0.39, 0.29) is 0 Å². The number of nitrogens with one attached hydrogen (secondary N) is 2. The van der Waals surface area contributed by atoms with Crippen LogP contribution in [-0.4, -0.2) is 42.2 Å². The summed E-state index contributed by atoms with van der Waals surface area (Å²) in [6, 6.07) is 3.32. The van der Waals surface area contributed by atoms with Crippen molar-refractivity contribution in [2.75, 3.05) is 30.8 Å². The van der Waals surface area contributed by atoms with Crippen LogP contribution < -0.4 is 21.3 Å². The molecule has 0 aromatic carbocycles. The van der Waals surface area contributed by atoms with Crippen LogP contribution in [0.2, 0.25) is 0 Å². The number of nitrogens with zero attached hydrogens (tertiary/aromatic N) is 3. The fraction of sp³-hybridized carbons (Fsp3) is 0.750. The summed E-state index contributed by atoms with van der Waals surface area (Å²) >= 11 is 0. The Bertz CT molecular complexity index is 541. The van der Waals surface area contributed by atoms with Crippen molar-refractivity contribution in [1.82, 2.24) is 20.6 Å². The summed E-state index contributed by atoms with van der Waals surface area (Å²) in [5, 5.41) is 6.98. The first kappa shape index (κ1) is 14.2. The zero-order chi connectivity index (χ0) is 15.1. The molecule has 6 heteroatoms. The number of anilines is 2. The maximum Gasteiger partial charge on any atom is 0.222 e. The highest BCUT2D eigenvalue weighted by Gasteiger charge is 2.39. The first-order valence-corrected chi connectivity index (χ1v) is 8.50. The van der Waals surface area contributed by atoms with E-state index in [0.717, 1.165) is 43.0 Å². The quantitative estimate of drug-likeness (QED) is 0.745. The molecule has 2 bridgehead atoms. The van der Waals surface area contributed by atoms with Crippen molar-refractivity contribution in [2.24, 2.45) is 11.8 Å². The summed E-state index contributed by atoms with van der Waals surface area (Å²) < 4.78 is 0. The summed E-state index contributed by atoms with van der Waals surface area (Å²) in [6.45, 7) is 2.79. The third-order valence-corrected chi connectivity index (χ3v) is 5.68. The second-order valence-corrected chi connectivity index (χ2v) is 7.13. The zero-order valence-corrected chi connectivity index (χ0v) is 13.3. The van der Waals surface area contributed by atoms with E-state index >= 15 is 0 Å². The highest BCUT2D eigenvalue weighted by molar-refractivity contribution is 5.46. The molecule has 2 saturated carbocycles. The third-order valence-electron chi connectivity index (χ3n) is 5.68. The number of likely N-dealkylation sites (N-methyl/N-ethyl adjacent to an activating group) is 1. The Morgan fingerprint density at radius 2 is 2.14 bits per heavy atom. The van der Waals surface area contributed by atoms with Crippen LogP contribution >= 0.6 is 0 Å². The van der Waals surface area contributed by atoms with Gasteiger partial charge in [0.15, 0.2) is 0 Å². The SMILES string of the molecule is CNC1CN(c2cc(CN[C@@H]3C[C@H]4CC[C@@H]3C4)nc(N)n2)C1. The van der Waals surface area contributed by atoms with Crippen molar-refractivity contribution >= 4 is 11.8 Å². The van der Waals surface area contributed by atoms with Gasteiger partial charge in [0.25, 0.3) is 0 Å². The topological polar surface area (TPSA) is 79.1 Å². The molecule has 1 aromatic heterocycles. The van der Waals surface area contributed by atoms with E-state index in [0.29, 0.717) is 18.0 Å². The normalized spacial score (nSPS) is 30.8. The molecular formula is C16H26N6. The summed E-state index contributed by atoms with van der Waals surface area (Å²) in [5.41, 5.74) is 6.91. The lowest BCUT2D eigenvalue weighted by Gasteiger charge is -2.40. The van der Waals surface area contributed by atoms with E-state index in [1.165, 1.54) is 25.7 Å². The lowest BCUT2D eigenvalue weighted by atomic mass is 9.95. The van der Waals surface area contributed by atoms with Gasteiger partial charge in [-0.15, -0.1) is 0 Å². The van der Waals surface area contributed by atoms with Gasteiger partial charge in [-0.2, -0.15) is 4.98 Å². The van der Waals surface area contributed by atoms with E-state index in [4.69, 9.17) is 5.73 Å². The van der Waals surface area contributed by atoms with E-state index < -0.39 is 0 Å². The minimum absolute atomic E-state index is 0.384. The lowest BCUT2D eigenvalue weighted by molar-refractivity contribution is 0.349. The van der Waals surface area contributed by atoms with Gasteiger partial charge < -0.3 is 21.3 Å². The Morgan fingerprint density at radius 1 is 1.27 bits per heavy atom. The molecule has 6 nitrogen and oxygen atoms in total. The molecule has 22 heavy (non-hydrogen) atoms. The number of nitrogen functional groups attached to an aromatic ring is 1. The first-order chi connectivity index (χ1) is 10.7. The predicted molar refractivity (Wildman–Crippen MR) is 87.6 cm³/mol. The fourth-order valence-corrected chi connectivity index (χ4v) is 4.33. The second kappa shape index (κ2) is 5.66. The standard InChI is InChI=1S/C16H26N6/c1-18-13-8-22(9-13)15-6-12(20-16(17)21-15)7-19-14-5-10-2-3-11(14)4-10/h6,10-11,13-14,18-19H,2-5,7-9H2,1H3,(H2,17,20,21)/t10-,11+,14+/m0/s1. The number of hydrogen-bond acceptors (Lipinski definition) is 6. The van der Waals surface area contributed by atoms with Crippen molar-refractivity contribution < 1.29 is 0 Å². The van der Waals surface area contributed by atoms with Gasteiger partial charge in [-0.05, 0) is 38.1 Å². The van der Waals surface area contributed by atoms with Gasteiger partial charge in [-0.25, -0.2) is 4.98 Å². The Balaban J connectivity index is 1.38. The first-order valence-electron chi connectivity index (χ1n) is 8.50. The average Bonchev–Trinajstić information content (AvgIpc) is 3.06. The Hall–Kier alpha value is -1.40. The van der Waals surface area contributed by atoms with Crippen molar-refractivity contribution in [3.63, 3.8) is 0 Å². The number of aromatic nitrogens is 2. The van der Waals surface area contributed by atoms with Crippen LogP contribution in [0.15, 0.2) is 6.07 Å². The van der Waals surface area contributed by atoms with Crippen LogP contribution in [0, 0.1) is 11.8 Å².